The smallest absolute Gasteiger partial charge is 0.308 e. The molecule has 1 aromatic carbocycles. The summed E-state index contributed by atoms with van der Waals surface area (Å²) < 4.78 is 11.3. The lowest BCUT2D eigenvalue weighted by Crippen LogP contribution is -2.53. The van der Waals surface area contributed by atoms with Crippen molar-refractivity contribution in [1.29, 1.82) is 0 Å². The predicted octanol–water partition coefficient (Wildman–Crippen LogP) is 1.59. The molecule has 23 heavy (non-hydrogen) atoms. The van der Waals surface area contributed by atoms with Crippen molar-refractivity contribution in [3.05, 3.63) is 35.9 Å². The molecule has 1 atom stereocenters. The summed E-state index contributed by atoms with van der Waals surface area (Å²) in [6.07, 6.45) is 0.931. The highest BCUT2D eigenvalue weighted by Gasteiger charge is 2.41. The molecular formula is C17H23NO5. The first-order valence-electron chi connectivity index (χ1n) is 7.80. The number of ether oxygens (including phenoxy) is 2. The molecule has 0 saturated carbocycles. The first-order valence-corrected chi connectivity index (χ1v) is 7.80. The first-order chi connectivity index (χ1) is 11.0. The lowest BCUT2D eigenvalue weighted by Gasteiger charge is -2.35. The molecule has 0 aliphatic carbocycles. The third kappa shape index (κ3) is 4.77. The number of amides is 1. The van der Waals surface area contributed by atoms with Gasteiger partial charge in [0, 0.05) is 32.6 Å². The molecule has 0 aromatic heterocycles. The third-order valence-corrected chi connectivity index (χ3v) is 4.06. The summed E-state index contributed by atoms with van der Waals surface area (Å²) in [5.74, 6) is -1.83. The van der Waals surface area contributed by atoms with Gasteiger partial charge in [0.2, 0.25) is 0 Å². The average Bonchev–Trinajstić information content (AvgIpc) is 2.59. The maximum absolute atomic E-state index is 12.6. The molecule has 0 bridgehead atoms. The van der Waals surface area contributed by atoms with Gasteiger partial charge in [0.1, 0.15) is 0 Å². The Hall–Kier alpha value is -1.92. The zero-order valence-electron chi connectivity index (χ0n) is 13.3. The van der Waals surface area contributed by atoms with Crippen LogP contribution < -0.4 is 5.32 Å². The van der Waals surface area contributed by atoms with Gasteiger partial charge in [-0.2, -0.15) is 0 Å². The number of rotatable bonds is 7. The normalized spacial score (nSPS) is 18.1. The number of benzene rings is 1. The van der Waals surface area contributed by atoms with Gasteiger partial charge >= 0.3 is 5.97 Å². The van der Waals surface area contributed by atoms with Crippen LogP contribution in [-0.4, -0.2) is 42.3 Å². The Balaban J connectivity index is 1.99. The molecule has 1 fully saturated rings. The predicted molar refractivity (Wildman–Crippen MR) is 83.8 cm³/mol. The fraction of sp³-hybridized carbons (Fsp3) is 0.529. The van der Waals surface area contributed by atoms with Gasteiger partial charge in [0.25, 0.3) is 5.91 Å². The van der Waals surface area contributed by atoms with Gasteiger partial charge in [0.15, 0.2) is 5.60 Å². The summed E-state index contributed by atoms with van der Waals surface area (Å²) in [5, 5.41) is 11.6. The molecule has 2 rings (SSSR count). The summed E-state index contributed by atoms with van der Waals surface area (Å²) in [7, 11) is 0. The highest BCUT2D eigenvalue weighted by atomic mass is 16.5. The van der Waals surface area contributed by atoms with Crippen molar-refractivity contribution in [3.63, 3.8) is 0 Å². The Labute approximate surface area is 135 Å². The summed E-state index contributed by atoms with van der Waals surface area (Å²) in [5.41, 5.74) is 0.0387. The Bertz CT molecular complexity index is 525. The molecule has 6 heteroatoms. The van der Waals surface area contributed by atoms with Gasteiger partial charge in [-0.05, 0) is 5.56 Å². The van der Waals surface area contributed by atoms with Crippen LogP contribution in [0.15, 0.2) is 30.3 Å². The Kier molecular flexibility index (Phi) is 6.12. The Morgan fingerprint density at radius 2 is 1.96 bits per heavy atom. The summed E-state index contributed by atoms with van der Waals surface area (Å²) in [6.45, 7) is 2.89. The summed E-state index contributed by atoms with van der Waals surface area (Å²) in [4.78, 5) is 23.5. The van der Waals surface area contributed by atoms with E-state index in [1.54, 1.807) is 6.92 Å². The molecule has 0 spiro atoms. The number of aliphatic carboxylic acids is 1. The SMILES string of the molecule is CC(CNC(=O)C1(OCc2ccccc2)CCOCC1)C(=O)O. The van der Waals surface area contributed by atoms with Crippen LogP contribution in [0.25, 0.3) is 0 Å². The molecule has 1 unspecified atom stereocenters. The second kappa shape index (κ2) is 8.08. The second-order valence-corrected chi connectivity index (χ2v) is 5.83. The molecule has 1 amide bonds. The molecule has 1 saturated heterocycles. The molecule has 1 aliphatic heterocycles. The number of carbonyl (C=O) groups excluding carboxylic acids is 1. The first kappa shape index (κ1) is 17.4. The van der Waals surface area contributed by atoms with Gasteiger partial charge < -0.3 is 19.9 Å². The number of hydrogen-bond acceptors (Lipinski definition) is 4. The van der Waals surface area contributed by atoms with E-state index >= 15 is 0 Å². The number of carboxylic acids is 1. The molecule has 126 valence electrons. The van der Waals surface area contributed by atoms with Gasteiger partial charge in [0.05, 0.1) is 12.5 Å². The van der Waals surface area contributed by atoms with E-state index in [0.29, 0.717) is 32.7 Å². The molecule has 1 aliphatic rings. The van der Waals surface area contributed by atoms with Crippen LogP contribution in [0.4, 0.5) is 0 Å². The Morgan fingerprint density at radius 1 is 1.30 bits per heavy atom. The van der Waals surface area contributed by atoms with E-state index in [9.17, 15) is 9.59 Å². The van der Waals surface area contributed by atoms with Crippen LogP contribution in [0.2, 0.25) is 0 Å². The van der Waals surface area contributed by atoms with Crippen LogP contribution in [-0.2, 0) is 25.7 Å². The number of carboxylic acid groups (broad SMARTS) is 1. The fourth-order valence-corrected chi connectivity index (χ4v) is 2.43. The van der Waals surface area contributed by atoms with Crippen LogP contribution >= 0.6 is 0 Å². The largest absolute Gasteiger partial charge is 0.481 e. The van der Waals surface area contributed by atoms with E-state index < -0.39 is 17.5 Å². The van der Waals surface area contributed by atoms with E-state index in [1.165, 1.54) is 0 Å². The minimum Gasteiger partial charge on any atom is -0.481 e. The summed E-state index contributed by atoms with van der Waals surface area (Å²) in [6, 6.07) is 9.65. The van der Waals surface area contributed by atoms with Gasteiger partial charge in [-0.25, -0.2) is 0 Å². The number of carbonyl (C=O) groups is 2. The number of hydrogen-bond donors (Lipinski definition) is 2. The van der Waals surface area contributed by atoms with Crippen molar-refractivity contribution < 1.29 is 24.2 Å². The maximum atomic E-state index is 12.6. The van der Waals surface area contributed by atoms with E-state index in [4.69, 9.17) is 14.6 Å². The topological polar surface area (TPSA) is 84.9 Å². The van der Waals surface area contributed by atoms with Gasteiger partial charge in [-0.15, -0.1) is 0 Å². The molecule has 1 aromatic rings. The molecular weight excluding hydrogens is 298 g/mol. The van der Waals surface area contributed by atoms with Crippen molar-refractivity contribution in [3.8, 4) is 0 Å². The van der Waals surface area contributed by atoms with Crippen LogP contribution in [0, 0.1) is 5.92 Å². The van der Waals surface area contributed by atoms with Crippen LogP contribution in [0.1, 0.15) is 25.3 Å². The van der Waals surface area contributed by atoms with Gasteiger partial charge in [-0.3, -0.25) is 9.59 Å². The zero-order chi connectivity index (χ0) is 16.7. The standard InChI is InChI=1S/C17H23NO5/c1-13(15(19)20)11-18-16(21)17(7-9-22-10-8-17)23-12-14-5-3-2-4-6-14/h2-6,13H,7-12H2,1H3,(H,18,21)(H,19,20). The average molecular weight is 321 g/mol. The molecule has 1 heterocycles. The van der Waals surface area contributed by atoms with Gasteiger partial charge in [-0.1, -0.05) is 37.3 Å². The van der Waals surface area contributed by atoms with Crippen molar-refractivity contribution in [2.24, 2.45) is 5.92 Å². The van der Waals surface area contributed by atoms with Crippen LogP contribution in [0.3, 0.4) is 0 Å². The minimum absolute atomic E-state index is 0.0888. The third-order valence-electron chi connectivity index (χ3n) is 4.06. The minimum atomic E-state index is -0.952. The molecule has 6 nitrogen and oxygen atoms in total. The molecule has 0 radical (unpaired) electrons. The van der Waals surface area contributed by atoms with Crippen molar-refractivity contribution in [2.45, 2.75) is 32.0 Å². The quantitative estimate of drug-likeness (QED) is 0.796. The fourth-order valence-electron chi connectivity index (χ4n) is 2.43. The van der Waals surface area contributed by atoms with Crippen molar-refractivity contribution in [2.75, 3.05) is 19.8 Å². The van der Waals surface area contributed by atoms with E-state index in [2.05, 4.69) is 5.32 Å². The highest BCUT2D eigenvalue weighted by molar-refractivity contribution is 5.85. The van der Waals surface area contributed by atoms with E-state index in [1.807, 2.05) is 30.3 Å². The lowest BCUT2D eigenvalue weighted by atomic mass is 9.92. The van der Waals surface area contributed by atoms with Crippen LogP contribution in [0.5, 0.6) is 0 Å². The molecule has 2 N–H and O–H groups in total. The van der Waals surface area contributed by atoms with E-state index in [0.717, 1.165) is 5.56 Å². The maximum Gasteiger partial charge on any atom is 0.308 e. The second-order valence-electron chi connectivity index (χ2n) is 5.83. The summed E-state index contributed by atoms with van der Waals surface area (Å²) >= 11 is 0. The van der Waals surface area contributed by atoms with Crippen molar-refractivity contribution >= 4 is 11.9 Å². The van der Waals surface area contributed by atoms with E-state index in [-0.39, 0.29) is 12.5 Å². The number of nitrogens with one attached hydrogen (secondary N) is 1. The lowest BCUT2D eigenvalue weighted by molar-refractivity contribution is -0.163. The zero-order valence-corrected chi connectivity index (χ0v) is 13.3. The van der Waals surface area contributed by atoms with Crippen molar-refractivity contribution in [1.82, 2.24) is 5.32 Å². The highest BCUT2D eigenvalue weighted by Crippen LogP contribution is 2.27. The Morgan fingerprint density at radius 3 is 2.57 bits per heavy atom. The monoisotopic (exact) mass is 321 g/mol.